The molecule has 0 unspecified atom stereocenters. The first-order valence-corrected chi connectivity index (χ1v) is 11.5. The van der Waals surface area contributed by atoms with Gasteiger partial charge in [-0.2, -0.15) is 13.2 Å². The van der Waals surface area contributed by atoms with Crippen LogP contribution in [0.2, 0.25) is 15.1 Å². The Bertz CT molecular complexity index is 1050. The summed E-state index contributed by atoms with van der Waals surface area (Å²) in [7, 11) is 0. The van der Waals surface area contributed by atoms with Crippen LogP contribution in [-0.2, 0) is 20.7 Å². The average molecular weight is 539 g/mol. The number of carbonyl (C=O) groups excluding carboxylic acids is 2. The van der Waals surface area contributed by atoms with Gasteiger partial charge >= 0.3 is 12.1 Å². The van der Waals surface area contributed by atoms with Crippen LogP contribution in [0.15, 0.2) is 36.4 Å². The van der Waals surface area contributed by atoms with E-state index >= 15 is 0 Å². The molecule has 4 nitrogen and oxygen atoms in total. The van der Waals surface area contributed by atoms with Crippen molar-refractivity contribution in [2.24, 2.45) is 5.92 Å². The third-order valence-corrected chi connectivity index (χ3v) is 6.00. The van der Waals surface area contributed by atoms with Crippen molar-refractivity contribution in [1.29, 1.82) is 0 Å². The van der Waals surface area contributed by atoms with Crippen molar-refractivity contribution in [1.82, 2.24) is 0 Å². The highest BCUT2D eigenvalue weighted by Gasteiger charge is 2.45. The summed E-state index contributed by atoms with van der Waals surface area (Å²) in [6.45, 7) is 6.19. The van der Waals surface area contributed by atoms with Gasteiger partial charge in [0.1, 0.15) is 5.60 Å². The first-order valence-electron chi connectivity index (χ1n) is 10.4. The number of aryl methyl sites for hydroxylation is 1. The van der Waals surface area contributed by atoms with Gasteiger partial charge in [-0.25, -0.2) is 0 Å². The molecule has 2 aromatic carbocycles. The number of hydrogen-bond acceptors (Lipinski definition) is 3. The summed E-state index contributed by atoms with van der Waals surface area (Å²) in [6, 6.07) is 8.61. The third-order valence-electron chi connectivity index (χ3n) is 4.93. The van der Waals surface area contributed by atoms with Crippen LogP contribution >= 0.6 is 34.8 Å². The van der Waals surface area contributed by atoms with E-state index in [1.165, 1.54) is 30.3 Å². The lowest BCUT2D eigenvalue weighted by atomic mass is 9.85. The fourth-order valence-corrected chi connectivity index (χ4v) is 3.71. The average Bonchev–Trinajstić information content (AvgIpc) is 2.69. The van der Waals surface area contributed by atoms with E-state index in [0.717, 1.165) is 6.92 Å². The molecule has 2 rings (SSSR count). The van der Waals surface area contributed by atoms with Crippen molar-refractivity contribution >= 4 is 52.4 Å². The number of nitrogens with one attached hydrogen (secondary N) is 1. The van der Waals surface area contributed by atoms with E-state index in [1.807, 2.05) is 0 Å². The lowest BCUT2D eigenvalue weighted by Crippen LogP contribution is -2.34. The maximum absolute atomic E-state index is 13.6. The summed E-state index contributed by atoms with van der Waals surface area (Å²) >= 11 is 18.1. The molecule has 10 heteroatoms. The van der Waals surface area contributed by atoms with E-state index in [1.54, 1.807) is 26.8 Å². The minimum Gasteiger partial charge on any atom is -0.460 e. The van der Waals surface area contributed by atoms with E-state index in [2.05, 4.69) is 5.32 Å². The first kappa shape index (κ1) is 28.3. The Morgan fingerprint density at radius 1 is 0.971 bits per heavy atom. The summed E-state index contributed by atoms with van der Waals surface area (Å²) in [5.41, 5.74) is 0.229. The third kappa shape index (κ3) is 8.07. The van der Waals surface area contributed by atoms with Crippen molar-refractivity contribution in [2.45, 2.75) is 58.2 Å². The molecule has 0 aromatic heterocycles. The van der Waals surface area contributed by atoms with Crippen LogP contribution < -0.4 is 5.32 Å². The second kappa shape index (κ2) is 11.2. The summed E-state index contributed by atoms with van der Waals surface area (Å²) in [6.07, 6.45) is -4.26. The lowest BCUT2D eigenvalue weighted by Gasteiger charge is -2.26. The monoisotopic (exact) mass is 537 g/mol. The normalized spacial score (nSPS) is 13.8. The topological polar surface area (TPSA) is 55.4 Å². The minimum atomic E-state index is -4.65. The first-order chi connectivity index (χ1) is 15.6. The number of alkyl halides is 3. The highest BCUT2D eigenvalue weighted by Crippen LogP contribution is 2.40. The summed E-state index contributed by atoms with van der Waals surface area (Å²) < 4.78 is 46.0. The predicted octanol–water partition coefficient (Wildman–Crippen LogP) is 7.84. The van der Waals surface area contributed by atoms with Gasteiger partial charge in [-0.15, -0.1) is 0 Å². The summed E-state index contributed by atoms with van der Waals surface area (Å²) in [5, 5.41) is 2.83. The SMILES string of the molecule is C[C@H]([C@H](C(=O)Nc1cc(CCC(=O)OC(C)(C)C)ccc1Cl)c1ccc(Cl)c(Cl)c1)C(F)(F)F. The van der Waals surface area contributed by atoms with Crippen molar-refractivity contribution in [3.05, 3.63) is 62.6 Å². The van der Waals surface area contributed by atoms with E-state index < -0.39 is 35.5 Å². The number of halogens is 6. The number of esters is 1. The molecule has 0 radical (unpaired) electrons. The van der Waals surface area contributed by atoms with Crippen LogP contribution in [0, 0.1) is 5.92 Å². The van der Waals surface area contributed by atoms with Crippen LogP contribution in [0.3, 0.4) is 0 Å². The number of benzene rings is 2. The number of ether oxygens (including phenoxy) is 1. The van der Waals surface area contributed by atoms with Crippen molar-refractivity contribution in [2.75, 3.05) is 5.32 Å². The molecule has 0 bridgehead atoms. The number of rotatable bonds is 7. The molecule has 2 atom stereocenters. The highest BCUT2D eigenvalue weighted by atomic mass is 35.5. The summed E-state index contributed by atoms with van der Waals surface area (Å²) in [5.74, 6) is -4.92. The van der Waals surface area contributed by atoms with E-state index in [-0.39, 0.29) is 32.7 Å². The minimum absolute atomic E-state index is 0.0357. The Hall–Kier alpha value is -1.96. The van der Waals surface area contributed by atoms with Crippen LogP contribution in [0.5, 0.6) is 0 Å². The molecule has 2 aromatic rings. The molecule has 1 N–H and O–H groups in total. The Morgan fingerprint density at radius 3 is 2.15 bits per heavy atom. The van der Waals surface area contributed by atoms with E-state index in [4.69, 9.17) is 39.5 Å². The lowest BCUT2D eigenvalue weighted by molar-refractivity contribution is -0.178. The standard InChI is InChI=1S/C24H25Cl3F3NO3/c1-13(24(28,29)30)21(15-7-9-16(25)18(27)12-15)22(33)31-19-11-14(5-8-17(19)26)6-10-20(32)34-23(2,3)4/h5,7-9,11-13,21H,6,10H2,1-4H3,(H,31,33)/t13-,21+/m1/s1. The molecule has 186 valence electrons. The van der Waals surface area contributed by atoms with Gasteiger partial charge in [0.05, 0.1) is 32.6 Å². The Balaban J connectivity index is 2.28. The van der Waals surface area contributed by atoms with Crippen LogP contribution in [0.1, 0.15) is 51.2 Å². The fourth-order valence-electron chi connectivity index (χ4n) is 3.24. The highest BCUT2D eigenvalue weighted by molar-refractivity contribution is 6.42. The molecule has 0 aliphatic heterocycles. The molecule has 34 heavy (non-hydrogen) atoms. The van der Waals surface area contributed by atoms with Crippen molar-refractivity contribution < 1.29 is 27.5 Å². The van der Waals surface area contributed by atoms with Crippen molar-refractivity contribution in [3.63, 3.8) is 0 Å². The van der Waals surface area contributed by atoms with E-state index in [0.29, 0.717) is 12.0 Å². The molecule has 0 spiro atoms. The molecular formula is C24H25Cl3F3NO3. The van der Waals surface area contributed by atoms with Crippen molar-refractivity contribution in [3.8, 4) is 0 Å². The van der Waals surface area contributed by atoms with Gasteiger partial charge in [-0.1, -0.05) is 53.9 Å². The zero-order valence-corrected chi connectivity index (χ0v) is 21.3. The quantitative estimate of drug-likeness (QED) is 0.365. The Morgan fingerprint density at radius 2 is 1.59 bits per heavy atom. The fraction of sp³-hybridized carbons (Fsp3) is 0.417. The summed E-state index contributed by atoms with van der Waals surface area (Å²) in [4.78, 5) is 25.0. The second-order valence-corrected chi connectivity index (χ2v) is 10.1. The van der Waals surface area contributed by atoms with Crippen LogP contribution in [-0.4, -0.2) is 23.7 Å². The van der Waals surface area contributed by atoms with E-state index in [9.17, 15) is 22.8 Å². The second-order valence-electron chi connectivity index (χ2n) is 8.87. The maximum Gasteiger partial charge on any atom is 0.392 e. The Labute approximate surface area is 211 Å². The molecular weight excluding hydrogens is 514 g/mol. The van der Waals surface area contributed by atoms with Gasteiger partial charge in [0.15, 0.2) is 0 Å². The zero-order valence-electron chi connectivity index (χ0n) is 19.0. The smallest absolute Gasteiger partial charge is 0.392 e. The molecule has 1 amide bonds. The zero-order chi connectivity index (χ0) is 25.8. The number of hydrogen-bond donors (Lipinski definition) is 1. The van der Waals surface area contributed by atoms with Crippen LogP contribution in [0.4, 0.5) is 18.9 Å². The molecule has 0 saturated carbocycles. The largest absolute Gasteiger partial charge is 0.460 e. The van der Waals surface area contributed by atoms with Crippen LogP contribution in [0.25, 0.3) is 0 Å². The Kier molecular flexibility index (Phi) is 9.30. The maximum atomic E-state index is 13.6. The number of amides is 1. The van der Waals surface area contributed by atoms with Gasteiger partial charge < -0.3 is 10.1 Å². The molecule has 0 heterocycles. The number of anilines is 1. The van der Waals surface area contributed by atoms with Gasteiger partial charge in [-0.3, -0.25) is 9.59 Å². The molecule has 0 fully saturated rings. The van der Waals surface area contributed by atoms with Gasteiger partial charge in [0.2, 0.25) is 5.91 Å². The molecule has 0 aliphatic carbocycles. The molecule has 0 saturated heterocycles. The van der Waals surface area contributed by atoms with Gasteiger partial charge in [-0.05, 0) is 62.6 Å². The molecule has 0 aliphatic rings. The number of carbonyl (C=O) groups is 2. The van der Waals surface area contributed by atoms with Gasteiger partial charge in [0.25, 0.3) is 0 Å². The predicted molar refractivity (Wildman–Crippen MR) is 129 cm³/mol. The van der Waals surface area contributed by atoms with Gasteiger partial charge in [0, 0.05) is 6.42 Å².